The molecule has 0 radical (unpaired) electrons. The number of nitrogens with zero attached hydrogens (tertiary/aromatic N) is 3. The van der Waals surface area contributed by atoms with Crippen molar-refractivity contribution in [1.29, 1.82) is 0 Å². The predicted molar refractivity (Wildman–Crippen MR) is 69.8 cm³/mol. The molecular weight excluding hydrogens is 226 g/mol. The first-order valence-electron chi connectivity index (χ1n) is 5.02. The van der Waals surface area contributed by atoms with E-state index >= 15 is 0 Å². The van der Waals surface area contributed by atoms with Gasteiger partial charge in [0.25, 0.3) is 0 Å². The van der Waals surface area contributed by atoms with E-state index in [9.17, 15) is 0 Å². The molecule has 5 heteroatoms. The third kappa shape index (κ3) is 2.80. The van der Waals surface area contributed by atoms with Gasteiger partial charge in [0.2, 0.25) is 0 Å². The fourth-order valence-electron chi connectivity index (χ4n) is 1.75. The molecule has 0 bridgehead atoms. The van der Waals surface area contributed by atoms with Crippen LogP contribution in [0, 0.1) is 0 Å². The second kappa shape index (κ2) is 5.09. The Balaban J connectivity index is 1.94. The number of pyridine rings is 1. The maximum atomic E-state index is 4.32. The largest absolute Gasteiger partial charge is 0.368 e. The molecule has 1 aromatic heterocycles. The lowest BCUT2D eigenvalue weighted by atomic mass is 10.3. The number of hydrogen-bond acceptors (Lipinski definition) is 5. The first kappa shape index (κ1) is 11.1. The van der Waals surface area contributed by atoms with Crippen molar-refractivity contribution in [3.63, 3.8) is 0 Å². The normalized spacial score (nSPS) is 18.5. The average molecular weight is 241 g/mol. The van der Waals surface area contributed by atoms with Gasteiger partial charge in [0.15, 0.2) is 0 Å². The van der Waals surface area contributed by atoms with Crippen LogP contribution in [0.4, 0.5) is 5.69 Å². The van der Waals surface area contributed by atoms with Crippen molar-refractivity contribution in [2.24, 2.45) is 0 Å². The van der Waals surface area contributed by atoms with E-state index in [0.717, 1.165) is 26.2 Å². The van der Waals surface area contributed by atoms with Gasteiger partial charge in [-0.05, 0) is 12.1 Å². The van der Waals surface area contributed by atoms with Crippen LogP contribution in [0.15, 0.2) is 24.5 Å². The van der Waals surface area contributed by atoms with Crippen LogP contribution >= 0.6 is 25.3 Å². The second-order valence-corrected chi connectivity index (χ2v) is 4.97. The van der Waals surface area contributed by atoms with E-state index < -0.39 is 0 Å². The van der Waals surface area contributed by atoms with E-state index in [4.69, 9.17) is 0 Å². The second-order valence-electron chi connectivity index (χ2n) is 3.58. The molecule has 0 N–H and O–H groups in total. The molecule has 0 spiro atoms. The highest BCUT2D eigenvalue weighted by Gasteiger charge is 2.19. The Morgan fingerprint density at radius 1 is 1.20 bits per heavy atom. The summed E-state index contributed by atoms with van der Waals surface area (Å²) >= 11 is 8.63. The molecule has 2 rings (SSSR count). The van der Waals surface area contributed by atoms with Gasteiger partial charge in [-0.1, -0.05) is 0 Å². The van der Waals surface area contributed by atoms with Gasteiger partial charge < -0.3 is 4.90 Å². The summed E-state index contributed by atoms with van der Waals surface area (Å²) in [5, 5.41) is 0. The van der Waals surface area contributed by atoms with Gasteiger partial charge in [-0.15, -0.1) is 25.3 Å². The van der Waals surface area contributed by atoms with Crippen LogP contribution in [-0.2, 0) is 0 Å². The van der Waals surface area contributed by atoms with Crippen molar-refractivity contribution in [2.75, 3.05) is 31.1 Å². The minimum Gasteiger partial charge on any atom is -0.368 e. The van der Waals surface area contributed by atoms with E-state index in [1.165, 1.54) is 5.69 Å². The van der Waals surface area contributed by atoms with Gasteiger partial charge in [-0.3, -0.25) is 9.88 Å². The van der Waals surface area contributed by atoms with E-state index in [1.807, 2.05) is 12.3 Å². The van der Waals surface area contributed by atoms with E-state index in [0.29, 0.717) is 0 Å². The van der Waals surface area contributed by atoms with Crippen LogP contribution in [0.3, 0.4) is 0 Å². The van der Waals surface area contributed by atoms with Crippen LogP contribution in [0.1, 0.15) is 0 Å². The van der Waals surface area contributed by atoms with Crippen LogP contribution in [0.25, 0.3) is 0 Å². The SMILES string of the molecule is SC(S)N1CCN(c2cccnc2)CC1. The molecule has 1 fully saturated rings. The summed E-state index contributed by atoms with van der Waals surface area (Å²) in [7, 11) is 0. The molecule has 1 aliphatic heterocycles. The quantitative estimate of drug-likeness (QED) is 0.602. The van der Waals surface area contributed by atoms with Gasteiger partial charge in [0, 0.05) is 32.4 Å². The molecule has 1 saturated heterocycles. The molecule has 3 nitrogen and oxygen atoms in total. The summed E-state index contributed by atoms with van der Waals surface area (Å²) in [6.45, 7) is 4.05. The zero-order valence-electron chi connectivity index (χ0n) is 8.45. The molecule has 1 aromatic rings. The molecule has 0 saturated carbocycles. The van der Waals surface area contributed by atoms with Crippen molar-refractivity contribution >= 4 is 30.9 Å². The van der Waals surface area contributed by atoms with Crippen LogP contribution in [0.5, 0.6) is 0 Å². The smallest absolute Gasteiger partial charge is 0.0970 e. The maximum Gasteiger partial charge on any atom is 0.0970 e. The average Bonchev–Trinajstić information content (AvgIpc) is 2.30. The van der Waals surface area contributed by atoms with Crippen LogP contribution < -0.4 is 4.90 Å². The fourth-order valence-corrected chi connectivity index (χ4v) is 2.21. The number of rotatable bonds is 2. The summed E-state index contributed by atoms with van der Waals surface area (Å²) in [6, 6.07) is 4.07. The third-order valence-corrected chi connectivity index (χ3v) is 3.31. The minimum absolute atomic E-state index is 0.0565. The van der Waals surface area contributed by atoms with Crippen molar-refractivity contribution in [3.8, 4) is 0 Å². The summed E-state index contributed by atoms with van der Waals surface area (Å²) in [4.78, 5) is 8.72. The van der Waals surface area contributed by atoms with Gasteiger partial charge in [-0.25, -0.2) is 0 Å². The molecule has 0 aliphatic carbocycles. The lowest BCUT2D eigenvalue weighted by molar-refractivity contribution is 0.287. The van der Waals surface area contributed by atoms with Gasteiger partial charge in [0.05, 0.1) is 16.6 Å². The molecular formula is C10H15N3S2. The van der Waals surface area contributed by atoms with Crippen molar-refractivity contribution in [1.82, 2.24) is 9.88 Å². The van der Waals surface area contributed by atoms with Crippen LogP contribution in [0.2, 0.25) is 0 Å². The number of anilines is 1. The lowest BCUT2D eigenvalue weighted by Gasteiger charge is -2.37. The summed E-state index contributed by atoms with van der Waals surface area (Å²) in [6.07, 6.45) is 3.71. The monoisotopic (exact) mass is 241 g/mol. The first-order chi connectivity index (χ1) is 7.27. The summed E-state index contributed by atoms with van der Waals surface area (Å²) < 4.78 is 0.0565. The molecule has 2 heterocycles. The first-order valence-corrected chi connectivity index (χ1v) is 6.06. The van der Waals surface area contributed by atoms with E-state index in [1.54, 1.807) is 6.20 Å². The Bertz CT molecular complexity index is 297. The Morgan fingerprint density at radius 3 is 2.47 bits per heavy atom. The van der Waals surface area contributed by atoms with E-state index in [2.05, 4.69) is 46.1 Å². The molecule has 82 valence electrons. The standard InChI is InChI=1S/C10H15N3S2/c14-10(15)13-6-4-12(5-7-13)9-2-1-3-11-8-9/h1-3,8,10,14-15H,4-7H2. The highest BCUT2D eigenvalue weighted by atomic mass is 32.2. The highest BCUT2D eigenvalue weighted by Crippen LogP contribution is 2.17. The Labute approximate surface area is 101 Å². The number of hydrogen-bond donors (Lipinski definition) is 2. The lowest BCUT2D eigenvalue weighted by Crippen LogP contribution is -2.47. The van der Waals surface area contributed by atoms with Crippen molar-refractivity contribution < 1.29 is 0 Å². The van der Waals surface area contributed by atoms with Gasteiger partial charge in [-0.2, -0.15) is 0 Å². The minimum atomic E-state index is 0.0565. The summed E-state index contributed by atoms with van der Waals surface area (Å²) in [5.41, 5.74) is 1.20. The molecule has 0 atom stereocenters. The topological polar surface area (TPSA) is 19.4 Å². The van der Waals surface area contributed by atoms with Gasteiger partial charge in [0.1, 0.15) is 0 Å². The zero-order chi connectivity index (χ0) is 10.7. The Morgan fingerprint density at radius 2 is 1.93 bits per heavy atom. The predicted octanol–water partition coefficient (Wildman–Crippen LogP) is 1.35. The number of piperazine rings is 1. The maximum absolute atomic E-state index is 4.32. The Hall–Kier alpha value is -0.390. The number of thiol groups is 2. The zero-order valence-corrected chi connectivity index (χ0v) is 10.2. The fraction of sp³-hybridized carbons (Fsp3) is 0.500. The van der Waals surface area contributed by atoms with Crippen molar-refractivity contribution in [3.05, 3.63) is 24.5 Å². The molecule has 0 aromatic carbocycles. The van der Waals surface area contributed by atoms with Crippen LogP contribution in [-0.4, -0.2) is 40.8 Å². The van der Waals surface area contributed by atoms with E-state index in [-0.39, 0.29) is 4.71 Å². The number of aromatic nitrogens is 1. The third-order valence-electron chi connectivity index (χ3n) is 2.65. The molecule has 1 aliphatic rings. The molecule has 0 unspecified atom stereocenters. The highest BCUT2D eigenvalue weighted by molar-refractivity contribution is 7.99. The molecule has 15 heavy (non-hydrogen) atoms. The van der Waals surface area contributed by atoms with Gasteiger partial charge >= 0.3 is 0 Å². The Kier molecular flexibility index (Phi) is 3.77. The summed E-state index contributed by atoms with van der Waals surface area (Å²) in [5.74, 6) is 0. The van der Waals surface area contributed by atoms with Crippen molar-refractivity contribution in [2.45, 2.75) is 4.71 Å². The molecule has 0 amide bonds.